The lowest BCUT2D eigenvalue weighted by molar-refractivity contribution is 0.0690. The van der Waals surface area contributed by atoms with Crippen molar-refractivity contribution in [3.8, 4) is 11.3 Å². The number of carboxylic acid groups (broad SMARTS) is 1. The Labute approximate surface area is 155 Å². The summed E-state index contributed by atoms with van der Waals surface area (Å²) in [6.07, 6.45) is 0.397. The number of nitrogens with zero attached hydrogens (tertiary/aromatic N) is 1. The molecule has 0 atom stereocenters. The van der Waals surface area contributed by atoms with E-state index in [4.69, 9.17) is 0 Å². The quantitative estimate of drug-likeness (QED) is 0.540. The van der Waals surface area contributed by atoms with Gasteiger partial charge < -0.3 is 10.1 Å². The van der Waals surface area contributed by atoms with Gasteiger partial charge in [-0.25, -0.2) is 14.2 Å². The number of H-pyrrole nitrogens is 1. The van der Waals surface area contributed by atoms with Gasteiger partial charge in [-0.1, -0.05) is 36.4 Å². The summed E-state index contributed by atoms with van der Waals surface area (Å²) in [4.78, 5) is 18.8. The number of halogens is 1. The molecule has 5 heteroatoms. The number of aromatic carboxylic acids is 1. The molecule has 0 amide bonds. The van der Waals surface area contributed by atoms with E-state index >= 15 is 0 Å². The van der Waals surface area contributed by atoms with E-state index in [9.17, 15) is 14.3 Å². The molecular weight excluding hydrogens is 343 g/mol. The lowest BCUT2D eigenvalue weighted by atomic mass is 10.00. The molecule has 0 saturated carbocycles. The normalized spacial score (nSPS) is 11.0. The summed E-state index contributed by atoms with van der Waals surface area (Å²) in [5.74, 6) is -1.34. The van der Waals surface area contributed by atoms with Gasteiger partial charge >= 0.3 is 5.97 Å². The van der Waals surface area contributed by atoms with Crippen LogP contribution in [-0.2, 0) is 6.42 Å². The predicted molar refractivity (Wildman–Crippen MR) is 102 cm³/mol. The van der Waals surface area contributed by atoms with Crippen molar-refractivity contribution in [3.63, 3.8) is 0 Å². The topological polar surface area (TPSA) is 66.0 Å². The van der Waals surface area contributed by atoms with Gasteiger partial charge in [0.25, 0.3) is 0 Å². The Hall–Kier alpha value is -3.47. The molecule has 0 fully saturated rings. The number of aromatic amines is 1. The van der Waals surface area contributed by atoms with Crippen molar-refractivity contribution in [3.05, 3.63) is 89.0 Å². The van der Waals surface area contributed by atoms with Crippen LogP contribution in [0.4, 0.5) is 4.39 Å². The fraction of sp³-hybridized carbons (Fsp3) is 0.0909. The molecule has 0 aliphatic heterocycles. The number of hydrogen-bond donors (Lipinski definition) is 2. The minimum absolute atomic E-state index is 0.00405. The van der Waals surface area contributed by atoms with Crippen LogP contribution < -0.4 is 0 Å². The molecule has 0 aliphatic carbocycles. The van der Waals surface area contributed by atoms with Gasteiger partial charge in [-0.15, -0.1) is 0 Å². The Balaban J connectivity index is 1.90. The molecule has 0 saturated heterocycles. The first-order valence-electron chi connectivity index (χ1n) is 8.58. The lowest BCUT2D eigenvalue weighted by Gasteiger charge is -2.06. The van der Waals surface area contributed by atoms with Crippen molar-refractivity contribution in [2.75, 3.05) is 0 Å². The smallest absolute Gasteiger partial charge is 0.354 e. The maximum Gasteiger partial charge on any atom is 0.354 e. The maximum absolute atomic E-state index is 14.2. The zero-order valence-electron chi connectivity index (χ0n) is 14.7. The number of carbonyl (C=O) groups is 1. The second-order valence-corrected chi connectivity index (χ2v) is 6.49. The van der Waals surface area contributed by atoms with Gasteiger partial charge in [0, 0.05) is 23.0 Å². The number of aryl methyl sites for hydroxylation is 1. The number of nitrogens with one attached hydrogen (secondary N) is 1. The summed E-state index contributed by atoms with van der Waals surface area (Å²) in [5.41, 5.74) is 4.79. The highest BCUT2D eigenvalue weighted by Gasteiger charge is 2.16. The molecule has 27 heavy (non-hydrogen) atoms. The molecule has 0 spiro atoms. The van der Waals surface area contributed by atoms with Crippen LogP contribution in [0.1, 0.15) is 27.3 Å². The average molecular weight is 360 g/mol. The zero-order chi connectivity index (χ0) is 19.0. The number of pyridine rings is 1. The first-order chi connectivity index (χ1) is 13.0. The van der Waals surface area contributed by atoms with E-state index in [0.717, 1.165) is 27.7 Å². The van der Waals surface area contributed by atoms with Crippen LogP contribution in [-0.4, -0.2) is 21.0 Å². The van der Waals surface area contributed by atoms with Gasteiger partial charge in [0.05, 0.1) is 5.69 Å². The number of rotatable bonds is 4. The second kappa shape index (κ2) is 6.68. The van der Waals surface area contributed by atoms with Crippen LogP contribution in [0.5, 0.6) is 0 Å². The van der Waals surface area contributed by atoms with E-state index in [1.807, 2.05) is 30.3 Å². The summed E-state index contributed by atoms with van der Waals surface area (Å²) in [5, 5.41) is 9.97. The number of hydrogen-bond acceptors (Lipinski definition) is 2. The third-order valence-electron chi connectivity index (χ3n) is 4.63. The molecule has 2 heterocycles. The summed E-state index contributed by atoms with van der Waals surface area (Å²) in [6.45, 7) is 1.73. The summed E-state index contributed by atoms with van der Waals surface area (Å²) in [7, 11) is 0. The van der Waals surface area contributed by atoms with E-state index < -0.39 is 5.97 Å². The Kier molecular flexibility index (Phi) is 4.20. The standard InChI is InChI=1S/C22H17FN2O2/c1-13-10-20-16(12-18(13)23)17(21(25-20)14-6-3-2-4-7-14)11-15-8-5-9-19(24-15)22(26)27/h2-10,12,25H,11H2,1H3,(H,26,27). The monoisotopic (exact) mass is 360 g/mol. The van der Waals surface area contributed by atoms with Crippen molar-refractivity contribution in [2.24, 2.45) is 0 Å². The average Bonchev–Trinajstić information content (AvgIpc) is 3.00. The van der Waals surface area contributed by atoms with E-state index in [2.05, 4.69) is 9.97 Å². The minimum Gasteiger partial charge on any atom is -0.477 e. The summed E-state index contributed by atoms with van der Waals surface area (Å²) in [6, 6.07) is 18.0. The maximum atomic E-state index is 14.2. The van der Waals surface area contributed by atoms with Gasteiger partial charge in [-0.3, -0.25) is 0 Å². The van der Waals surface area contributed by atoms with E-state index in [-0.39, 0.29) is 11.5 Å². The molecular formula is C22H17FN2O2. The Morgan fingerprint density at radius 3 is 2.63 bits per heavy atom. The first-order valence-corrected chi connectivity index (χ1v) is 8.58. The molecule has 0 aliphatic rings. The molecule has 4 nitrogen and oxygen atoms in total. The Bertz CT molecular complexity index is 1150. The molecule has 0 radical (unpaired) electrons. The van der Waals surface area contributed by atoms with Gasteiger partial charge in [0.2, 0.25) is 0 Å². The predicted octanol–water partition coefficient (Wildman–Crippen LogP) is 4.97. The second-order valence-electron chi connectivity index (χ2n) is 6.49. The van der Waals surface area contributed by atoms with Crippen LogP contribution in [0.3, 0.4) is 0 Å². The number of carboxylic acids is 1. The van der Waals surface area contributed by atoms with Gasteiger partial charge in [-0.2, -0.15) is 0 Å². The van der Waals surface area contributed by atoms with Crippen molar-refractivity contribution in [1.82, 2.24) is 9.97 Å². The Morgan fingerprint density at radius 1 is 1.11 bits per heavy atom. The minimum atomic E-state index is -1.07. The molecule has 4 aromatic rings. The first kappa shape index (κ1) is 17.0. The van der Waals surface area contributed by atoms with Crippen LogP contribution in [0.15, 0.2) is 60.7 Å². The van der Waals surface area contributed by atoms with Crippen LogP contribution in [0.25, 0.3) is 22.2 Å². The molecule has 0 bridgehead atoms. The highest BCUT2D eigenvalue weighted by atomic mass is 19.1. The SMILES string of the molecule is Cc1cc2[nH]c(-c3ccccc3)c(Cc3cccc(C(=O)O)n3)c2cc1F. The third-order valence-corrected chi connectivity index (χ3v) is 4.63. The Morgan fingerprint density at radius 2 is 1.89 bits per heavy atom. The number of aromatic nitrogens is 2. The summed E-state index contributed by atoms with van der Waals surface area (Å²) >= 11 is 0. The molecule has 2 aromatic carbocycles. The molecule has 2 N–H and O–H groups in total. The van der Waals surface area contributed by atoms with E-state index in [1.165, 1.54) is 12.1 Å². The largest absolute Gasteiger partial charge is 0.477 e. The van der Waals surface area contributed by atoms with Gasteiger partial charge in [0.1, 0.15) is 11.5 Å². The molecule has 2 aromatic heterocycles. The van der Waals surface area contributed by atoms with Crippen molar-refractivity contribution < 1.29 is 14.3 Å². The zero-order valence-corrected chi connectivity index (χ0v) is 14.7. The van der Waals surface area contributed by atoms with E-state index in [1.54, 1.807) is 25.1 Å². The highest BCUT2D eigenvalue weighted by molar-refractivity contribution is 5.91. The van der Waals surface area contributed by atoms with Crippen LogP contribution in [0, 0.1) is 12.7 Å². The molecule has 4 rings (SSSR count). The highest BCUT2D eigenvalue weighted by Crippen LogP contribution is 2.33. The summed E-state index contributed by atoms with van der Waals surface area (Å²) < 4.78 is 14.2. The fourth-order valence-corrected chi connectivity index (χ4v) is 3.29. The number of fused-ring (bicyclic) bond motifs is 1. The number of benzene rings is 2. The van der Waals surface area contributed by atoms with E-state index in [0.29, 0.717) is 17.7 Å². The molecule has 0 unspecified atom stereocenters. The van der Waals surface area contributed by atoms with Gasteiger partial charge in [0.15, 0.2) is 0 Å². The van der Waals surface area contributed by atoms with Crippen molar-refractivity contribution >= 4 is 16.9 Å². The van der Waals surface area contributed by atoms with Crippen LogP contribution in [0.2, 0.25) is 0 Å². The van der Waals surface area contributed by atoms with Crippen LogP contribution >= 0.6 is 0 Å². The lowest BCUT2D eigenvalue weighted by Crippen LogP contribution is -2.03. The van der Waals surface area contributed by atoms with Crippen molar-refractivity contribution in [1.29, 1.82) is 0 Å². The van der Waals surface area contributed by atoms with Crippen molar-refractivity contribution in [2.45, 2.75) is 13.3 Å². The third kappa shape index (κ3) is 3.19. The molecule has 134 valence electrons. The fourth-order valence-electron chi connectivity index (χ4n) is 3.29. The van der Waals surface area contributed by atoms with Gasteiger partial charge in [-0.05, 0) is 47.9 Å².